The van der Waals surface area contributed by atoms with Gasteiger partial charge in [0, 0.05) is 46.4 Å². The number of hydrogen-bond acceptors (Lipinski definition) is 2. The lowest BCUT2D eigenvalue weighted by atomic mass is 9.89. The number of aromatic nitrogens is 1. The minimum absolute atomic E-state index is 0.923. The first-order valence-corrected chi connectivity index (χ1v) is 17.6. The molecule has 0 radical (unpaired) electrons. The second kappa shape index (κ2) is 11.0. The van der Waals surface area contributed by atoms with Gasteiger partial charge in [0.05, 0.1) is 28.1 Å². The van der Waals surface area contributed by atoms with Crippen LogP contribution in [0.1, 0.15) is 38.9 Å². The first-order valence-electron chi connectivity index (χ1n) is 17.6. The van der Waals surface area contributed by atoms with Crippen LogP contribution in [0.5, 0.6) is 0 Å². The second-order valence-corrected chi connectivity index (χ2v) is 13.8. The Bertz CT molecular complexity index is 2390. The van der Waals surface area contributed by atoms with Crippen molar-refractivity contribution in [2.45, 2.75) is 33.6 Å². The van der Waals surface area contributed by atoms with Crippen molar-refractivity contribution in [3.05, 3.63) is 185 Å². The molecule has 0 N–H and O–H groups in total. The number of benzene rings is 7. The fraction of sp³-hybridized carbons (Fsp3) is 0.106. The van der Waals surface area contributed by atoms with Gasteiger partial charge < -0.3 is 14.4 Å². The van der Waals surface area contributed by atoms with Gasteiger partial charge in [-0.25, -0.2) is 0 Å². The maximum absolute atomic E-state index is 2.56. The molecule has 0 amide bonds. The van der Waals surface area contributed by atoms with Gasteiger partial charge in [-0.15, -0.1) is 0 Å². The van der Waals surface area contributed by atoms with E-state index in [4.69, 9.17) is 0 Å². The maximum atomic E-state index is 2.56. The minimum atomic E-state index is 0.923. The van der Waals surface area contributed by atoms with Crippen LogP contribution in [0.15, 0.2) is 146 Å². The third kappa shape index (κ3) is 4.04. The number of hydrogen-bond donors (Lipinski definition) is 0. The molecule has 0 spiro atoms. The Morgan fingerprint density at radius 1 is 0.340 bits per heavy atom. The van der Waals surface area contributed by atoms with Crippen molar-refractivity contribution in [2.75, 3.05) is 9.80 Å². The van der Waals surface area contributed by atoms with Crippen LogP contribution in [0.3, 0.4) is 0 Å². The molecule has 0 saturated heterocycles. The van der Waals surface area contributed by atoms with Crippen LogP contribution in [0.2, 0.25) is 0 Å². The summed E-state index contributed by atoms with van der Waals surface area (Å²) in [6, 6.07) is 53.6. The zero-order valence-corrected chi connectivity index (χ0v) is 28.6. The molecule has 50 heavy (non-hydrogen) atoms. The third-order valence-corrected chi connectivity index (χ3v) is 11.1. The SMILES string of the molecule is Cc1c(N2c3ccccc3Cc3ccccc32)c(C)c(-n2c3ccccc3c3ccccc32)c(C)c1N1c2ccccc2Cc2ccccc21. The number of nitrogens with zero attached hydrogens (tertiary/aromatic N) is 3. The molecular weight excluding hydrogens is 607 g/mol. The molecule has 8 aromatic rings. The Labute approximate surface area is 293 Å². The molecular formula is C47H37N3. The second-order valence-electron chi connectivity index (χ2n) is 13.8. The smallest absolute Gasteiger partial charge is 0.0562 e. The highest BCUT2D eigenvalue weighted by Gasteiger charge is 2.34. The summed E-state index contributed by atoms with van der Waals surface area (Å²) in [6.45, 7) is 7.03. The summed E-state index contributed by atoms with van der Waals surface area (Å²) in [4.78, 5) is 5.11. The van der Waals surface area contributed by atoms with E-state index in [1.165, 1.54) is 101 Å². The van der Waals surface area contributed by atoms with Crippen molar-refractivity contribution in [3.8, 4) is 5.69 Å². The molecule has 3 nitrogen and oxygen atoms in total. The van der Waals surface area contributed by atoms with Gasteiger partial charge >= 0.3 is 0 Å². The molecule has 0 bridgehead atoms. The number of anilines is 6. The predicted octanol–water partition coefficient (Wildman–Crippen LogP) is 12.5. The fourth-order valence-electron chi connectivity index (χ4n) is 9.02. The third-order valence-electron chi connectivity index (χ3n) is 11.1. The molecule has 240 valence electrons. The molecule has 2 aliphatic heterocycles. The minimum Gasteiger partial charge on any atom is -0.309 e. The van der Waals surface area contributed by atoms with E-state index in [9.17, 15) is 0 Å². The van der Waals surface area contributed by atoms with Gasteiger partial charge in [0.1, 0.15) is 0 Å². The Morgan fingerprint density at radius 2 is 0.640 bits per heavy atom. The molecule has 10 rings (SSSR count). The van der Waals surface area contributed by atoms with E-state index in [2.05, 4.69) is 181 Å². The molecule has 2 aliphatic rings. The van der Waals surface area contributed by atoms with E-state index in [0.717, 1.165) is 12.8 Å². The van der Waals surface area contributed by atoms with Gasteiger partial charge in [0.25, 0.3) is 0 Å². The van der Waals surface area contributed by atoms with Crippen molar-refractivity contribution in [1.82, 2.24) is 4.57 Å². The Morgan fingerprint density at radius 3 is 1.02 bits per heavy atom. The van der Waals surface area contributed by atoms with Crippen LogP contribution < -0.4 is 9.80 Å². The molecule has 7 aromatic carbocycles. The van der Waals surface area contributed by atoms with Crippen LogP contribution in [0.25, 0.3) is 27.5 Å². The average molecular weight is 644 g/mol. The molecule has 0 fully saturated rings. The van der Waals surface area contributed by atoms with Crippen molar-refractivity contribution in [3.63, 3.8) is 0 Å². The summed E-state index contributed by atoms with van der Waals surface area (Å²) in [5, 5.41) is 2.54. The first-order chi connectivity index (χ1) is 24.6. The molecule has 0 saturated carbocycles. The summed E-state index contributed by atoms with van der Waals surface area (Å²) in [7, 11) is 0. The summed E-state index contributed by atoms with van der Waals surface area (Å²) in [5.74, 6) is 0. The standard InChI is InChI=1S/C47H37N3/c1-30-45(48-39-22-10-4-16-33(39)28-34-17-5-11-23-40(34)48)31(2)47(50-43-26-14-8-20-37(43)38-21-9-15-27-44(38)50)32(3)46(30)49-41-24-12-6-18-35(41)29-36-19-7-13-25-42(36)49/h4-27H,28-29H2,1-3H3. The highest BCUT2D eigenvalue weighted by Crippen LogP contribution is 2.54. The Hall–Kier alpha value is -6.06. The van der Waals surface area contributed by atoms with Crippen LogP contribution in [-0.4, -0.2) is 4.57 Å². The van der Waals surface area contributed by atoms with Gasteiger partial charge in [-0.05, 0) is 96.1 Å². The zero-order valence-electron chi connectivity index (χ0n) is 28.6. The topological polar surface area (TPSA) is 11.4 Å². The van der Waals surface area contributed by atoms with E-state index in [-0.39, 0.29) is 0 Å². The predicted molar refractivity (Wildman–Crippen MR) is 210 cm³/mol. The highest BCUT2D eigenvalue weighted by molar-refractivity contribution is 6.10. The van der Waals surface area contributed by atoms with E-state index < -0.39 is 0 Å². The van der Waals surface area contributed by atoms with Crippen LogP contribution in [0.4, 0.5) is 34.1 Å². The largest absolute Gasteiger partial charge is 0.309 e. The summed E-state index contributed by atoms with van der Waals surface area (Å²) in [5.41, 5.74) is 20.3. The Balaban J connectivity index is 1.39. The van der Waals surface area contributed by atoms with Gasteiger partial charge in [-0.3, -0.25) is 0 Å². The molecule has 3 heteroatoms. The van der Waals surface area contributed by atoms with Crippen LogP contribution in [0, 0.1) is 20.8 Å². The molecule has 0 unspecified atom stereocenters. The van der Waals surface area contributed by atoms with Gasteiger partial charge in [0.2, 0.25) is 0 Å². The zero-order chi connectivity index (χ0) is 33.5. The number of rotatable bonds is 3. The molecule has 0 atom stereocenters. The summed E-state index contributed by atoms with van der Waals surface area (Å²) >= 11 is 0. The van der Waals surface area contributed by atoms with Crippen molar-refractivity contribution < 1.29 is 0 Å². The monoisotopic (exact) mass is 643 g/mol. The average Bonchev–Trinajstić information content (AvgIpc) is 3.48. The van der Waals surface area contributed by atoms with Crippen LogP contribution >= 0.6 is 0 Å². The fourth-order valence-corrected chi connectivity index (χ4v) is 9.02. The highest BCUT2D eigenvalue weighted by atomic mass is 15.2. The van der Waals surface area contributed by atoms with Crippen molar-refractivity contribution in [1.29, 1.82) is 0 Å². The van der Waals surface area contributed by atoms with E-state index >= 15 is 0 Å². The molecule has 0 aliphatic carbocycles. The van der Waals surface area contributed by atoms with Gasteiger partial charge in [-0.1, -0.05) is 109 Å². The summed E-state index contributed by atoms with van der Waals surface area (Å²) < 4.78 is 2.53. The van der Waals surface area contributed by atoms with E-state index in [1.807, 2.05) is 0 Å². The number of para-hydroxylation sites is 6. The normalized spacial score (nSPS) is 13.3. The summed E-state index contributed by atoms with van der Waals surface area (Å²) in [6.07, 6.45) is 1.85. The Kier molecular flexibility index (Phi) is 6.35. The lowest BCUT2D eigenvalue weighted by Crippen LogP contribution is -2.25. The molecule has 1 aromatic heterocycles. The van der Waals surface area contributed by atoms with Crippen molar-refractivity contribution in [2.24, 2.45) is 0 Å². The van der Waals surface area contributed by atoms with Gasteiger partial charge in [-0.2, -0.15) is 0 Å². The quantitative estimate of drug-likeness (QED) is 0.190. The lowest BCUT2D eigenvalue weighted by molar-refractivity contribution is 1.03. The molecule has 3 heterocycles. The van der Waals surface area contributed by atoms with Gasteiger partial charge in [0.15, 0.2) is 0 Å². The first kappa shape index (κ1) is 28.9. The lowest BCUT2D eigenvalue weighted by Gasteiger charge is -2.40. The van der Waals surface area contributed by atoms with E-state index in [0.29, 0.717) is 0 Å². The maximum Gasteiger partial charge on any atom is 0.0562 e. The van der Waals surface area contributed by atoms with Crippen molar-refractivity contribution >= 4 is 55.9 Å². The van der Waals surface area contributed by atoms with Crippen LogP contribution in [-0.2, 0) is 12.8 Å². The van der Waals surface area contributed by atoms with E-state index in [1.54, 1.807) is 0 Å². The number of fused-ring (bicyclic) bond motifs is 7.